The number of hydrogen-bond donors (Lipinski definition) is 3. The molecule has 8 nitrogen and oxygen atoms in total. The highest BCUT2D eigenvalue weighted by Crippen LogP contribution is 2.42. The summed E-state index contributed by atoms with van der Waals surface area (Å²) in [5.41, 5.74) is 2.83. The molecule has 1 saturated heterocycles. The minimum absolute atomic E-state index is 0.146. The van der Waals surface area contributed by atoms with E-state index in [9.17, 15) is 14.7 Å². The van der Waals surface area contributed by atoms with E-state index in [-0.39, 0.29) is 17.5 Å². The van der Waals surface area contributed by atoms with Crippen molar-refractivity contribution in [2.75, 3.05) is 25.0 Å². The lowest BCUT2D eigenvalue weighted by Crippen LogP contribution is -2.38. The zero-order valence-corrected chi connectivity index (χ0v) is 23.4. The number of piperidine rings is 1. The Morgan fingerprint density at radius 2 is 2.00 bits per heavy atom. The van der Waals surface area contributed by atoms with Crippen molar-refractivity contribution in [2.45, 2.75) is 39.2 Å². The van der Waals surface area contributed by atoms with Crippen LogP contribution in [0.25, 0.3) is 32.6 Å². The van der Waals surface area contributed by atoms with E-state index in [4.69, 9.17) is 0 Å². The minimum atomic E-state index is -0.720. The number of aliphatic carboxylic acids is 1. The van der Waals surface area contributed by atoms with E-state index in [0.717, 1.165) is 35.5 Å². The molecule has 1 unspecified atom stereocenters. The summed E-state index contributed by atoms with van der Waals surface area (Å²) in [7, 11) is 0. The average molecular weight is 568 g/mol. The number of halogens is 1. The molecule has 4 aromatic rings. The Kier molecular flexibility index (Phi) is 8.20. The van der Waals surface area contributed by atoms with E-state index in [1.807, 2.05) is 42.6 Å². The highest BCUT2D eigenvalue weighted by molar-refractivity contribution is 7.22. The van der Waals surface area contributed by atoms with E-state index in [1.165, 1.54) is 11.3 Å². The Hall–Kier alpha value is -3.41. The van der Waals surface area contributed by atoms with Crippen LogP contribution in [0.5, 0.6) is 0 Å². The lowest BCUT2D eigenvalue weighted by atomic mass is 9.95. The number of pyridine rings is 1. The number of carboxylic acid groups (broad SMARTS) is 1. The van der Waals surface area contributed by atoms with Crippen LogP contribution in [-0.2, 0) is 4.79 Å². The van der Waals surface area contributed by atoms with E-state index < -0.39 is 17.8 Å². The molecule has 1 aromatic carbocycles. The van der Waals surface area contributed by atoms with E-state index >= 15 is 4.39 Å². The first-order valence-electron chi connectivity index (χ1n) is 13.0. The van der Waals surface area contributed by atoms with Gasteiger partial charge in [-0.3, -0.25) is 20.0 Å². The molecule has 0 bridgehead atoms. The number of thiazole rings is 1. The Morgan fingerprint density at radius 1 is 1.21 bits per heavy atom. The zero-order chi connectivity index (χ0) is 27.5. The van der Waals surface area contributed by atoms with Crippen LogP contribution in [0.4, 0.5) is 14.3 Å². The van der Waals surface area contributed by atoms with Crippen molar-refractivity contribution in [1.29, 1.82) is 0 Å². The molecular formula is C28H30FN5O3S2. The summed E-state index contributed by atoms with van der Waals surface area (Å²) in [5, 5.41) is 17.0. The third-order valence-corrected chi connectivity index (χ3v) is 9.11. The van der Waals surface area contributed by atoms with Crippen LogP contribution in [0.3, 0.4) is 0 Å². The van der Waals surface area contributed by atoms with Crippen LogP contribution in [0.2, 0.25) is 0 Å². The fourth-order valence-electron chi connectivity index (χ4n) is 5.10. The first-order chi connectivity index (χ1) is 18.9. The lowest BCUT2D eigenvalue weighted by molar-refractivity contribution is -0.143. The maximum atomic E-state index is 16.0. The van der Waals surface area contributed by atoms with Crippen molar-refractivity contribution in [2.24, 2.45) is 5.92 Å². The van der Waals surface area contributed by atoms with Crippen molar-refractivity contribution in [1.82, 2.24) is 20.2 Å². The molecule has 204 valence electrons. The molecule has 1 aliphatic heterocycles. The minimum Gasteiger partial charge on any atom is -0.481 e. The molecule has 1 fully saturated rings. The number of amides is 2. The number of carbonyl (C=O) groups is 2. The van der Waals surface area contributed by atoms with Gasteiger partial charge in [-0.05, 0) is 74.5 Å². The first kappa shape index (κ1) is 27.2. The molecule has 3 aromatic heterocycles. The van der Waals surface area contributed by atoms with Crippen molar-refractivity contribution < 1.29 is 19.1 Å². The highest BCUT2D eigenvalue weighted by Gasteiger charge is 2.29. The second-order valence-corrected chi connectivity index (χ2v) is 11.4. The number of likely N-dealkylation sites (tertiary alicyclic amines) is 1. The van der Waals surface area contributed by atoms with Gasteiger partial charge in [-0.2, -0.15) is 0 Å². The van der Waals surface area contributed by atoms with Gasteiger partial charge in [-0.15, -0.1) is 11.3 Å². The Balaban J connectivity index is 1.52. The number of nitrogens with one attached hydrogen (secondary N) is 2. The number of rotatable bonds is 8. The summed E-state index contributed by atoms with van der Waals surface area (Å²) < 4.78 is 16.7. The highest BCUT2D eigenvalue weighted by atomic mass is 32.1. The van der Waals surface area contributed by atoms with Gasteiger partial charge in [-0.1, -0.05) is 24.3 Å². The van der Waals surface area contributed by atoms with Crippen molar-refractivity contribution >= 4 is 50.0 Å². The maximum Gasteiger partial charge on any atom is 0.321 e. The fraction of sp³-hybridized carbons (Fsp3) is 0.357. The Morgan fingerprint density at radius 3 is 2.67 bits per heavy atom. The number of hydrogen-bond acceptors (Lipinski definition) is 7. The second-order valence-electron chi connectivity index (χ2n) is 9.49. The molecular weight excluding hydrogens is 537 g/mol. The Bertz CT molecular complexity index is 1480. The van der Waals surface area contributed by atoms with Crippen LogP contribution in [0.1, 0.15) is 44.0 Å². The topological polar surface area (TPSA) is 107 Å². The van der Waals surface area contributed by atoms with Crippen LogP contribution in [0.15, 0.2) is 41.9 Å². The lowest BCUT2D eigenvalue weighted by Gasteiger charge is -2.35. The maximum absolute atomic E-state index is 16.0. The van der Waals surface area contributed by atoms with Crippen LogP contribution < -0.4 is 10.6 Å². The molecule has 4 heterocycles. The van der Waals surface area contributed by atoms with Gasteiger partial charge in [0.25, 0.3) is 0 Å². The number of nitrogens with zero attached hydrogens (tertiary/aromatic N) is 3. The third kappa shape index (κ3) is 5.66. The summed E-state index contributed by atoms with van der Waals surface area (Å²) in [6, 6.07) is 9.20. The van der Waals surface area contributed by atoms with Crippen molar-refractivity contribution in [3.05, 3.63) is 52.6 Å². The molecule has 1 atom stereocenters. The summed E-state index contributed by atoms with van der Waals surface area (Å²) >= 11 is 2.81. The van der Waals surface area contributed by atoms with E-state index in [0.29, 0.717) is 40.5 Å². The van der Waals surface area contributed by atoms with Crippen molar-refractivity contribution in [3.63, 3.8) is 0 Å². The molecule has 3 N–H and O–H groups in total. The van der Waals surface area contributed by atoms with Gasteiger partial charge in [0.15, 0.2) is 10.9 Å². The van der Waals surface area contributed by atoms with Crippen LogP contribution in [0, 0.1) is 11.7 Å². The summed E-state index contributed by atoms with van der Waals surface area (Å²) in [5.74, 6) is -1.44. The Labute approximate surface area is 233 Å². The second kappa shape index (κ2) is 11.8. The molecule has 0 aliphatic carbocycles. The number of carboxylic acids is 1. The van der Waals surface area contributed by atoms with Crippen LogP contribution in [-0.4, -0.2) is 51.6 Å². The number of aromatic nitrogens is 2. The van der Waals surface area contributed by atoms with Gasteiger partial charge in [0, 0.05) is 34.8 Å². The number of fused-ring (bicyclic) bond motifs is 1. The standard InChI is InChI=1S/C28H30FN5O3S2/c1-3-21(34-11-8-16(9-12-34)26(35)36)22-13-17(15-38-22)18-14-19(20-7-5-6-10-31-20)25-24(23(18)29)32-28(39-25)33-27(37)30-4-2/h5-7,10,13-16,21H,3-4,8-9,11-12H2,1-2H3,(H,35,36)(H2,30,32,33,37). The van der Waals surface area contributed by atoms with Gasteiger partial charge in [0.2, 0.25) is 0 Å². The number of thiophene rings is 1. The van der Waals surface area contributed by atoms with Gasteiger partial charge in [-0.25, -0.2) is 14.2 Å². The first-order valence-corrected chi connectivity index (χ1v) is 14.7. The third-order valence-electron chi connectivity index (χ3n) is 7.07. The average Bonchev–Trinajstić information content (AvgIpc) is 3.58. The smallest absolute Gasteiger partial charge is 0.321 e. The quantitative estimate of drug-likeness (QED) is 0.221. The monoisotopic (exact) mass is 567 g/mol. The van der Waals surface area contributed by atoms with Crippen molar-refractivity contribution in [3.8, 4) is 22.4 Å². The number of urea groups is 1. The summed E-state index contributed by atoms with van der Waals surface area (Å²) in [6.45, 7) is 5.86. The van der Waals surface area contributed by atoms with Crippen LogP contribution >= 0.6 is 22.7 Å². The zero-order valence-electron chi connectivity index (χ0n) is 21.7. The van der Waals surface area contributed by atoms with E-state index in [1.54, 1.807) is 17.5 Å². The molecule has 2 amide bonds. The van der Waals surface area contributed by atoms with Gasteiger partial charge >= 0.3 is 12.0 Å². The molecule has 0 spiro atoms. The summed E-state index contributed by atoms with van der Waals surface area (Å²) in [4.78, 5) is 35.9. The predicted molar refractivity (Wildman–Crippen MR) is 154 cm³/mol. The molecule has 0 radical (unpaired) electrons. The van der Waals surface area contributed by atoms with Gasteiger partial charge < -0.3 is 10.4 Å². The number of carbonyl (C=O) groups excluding carboxylic acids is 1. The predicted octanol–water partition coefficient (Wildman–Crippen LogP) is 6.62. The van der Waals surface area contributed by atoms with Gasteiger partial charge in [0.1, 0.15) is 5.52 Å². The number of benzene rings is 1. The number of anilines is 1. The van der Waals surface area contributed by atoms with Gasteiger partial charge in [0.05, 0.1) is 16.3 Å². The summed E-state index contributed by atoms with van der Waals surface area (Å²) in [6.07, 6.45) is 3.85. The normalized spacial score (nSPS) is 15.4. The largest absolute Gasteiger partial charge is 0.481 e. The molecule has 1 aliphatic rings. The van der Waals surface area contributed by atoms with E-state index in [2.05, 4.69) is 32.4 Å². The molecule has 5 rings (SSSR count). The molecule has 11 heteroatoms. The fourth-order valence-corrected chi connectivity index (χ4v) is 7.20. The SMILES string of the molecule is CCNC(=O)Nc1nc2c(F)c(-c3csc(C(CC)N4CCC(C(=O)O)CC4)c3)cc(-c3ccccn3)c2s1. The molecule has 39 heavy (non-hydrogen) atoms. The molecule has 0 saturated carbocycles.